The van der Waals surface area contributed by atoms with E-state index in [0.29, 0.717) is 11.8 Å². The lowest BCUT2D eigenvalue weighted by Crippen LogP contribution is -2.05. The molecule has 2 saturated carbocycles. The summed E-state index contributed by atoms with van der Waals surface area (Å²) < 4.78 is 0. The molecule has 0 aliphatic heterocycles. The number of aromatic amines is 1. The Morgan fingerprint density at radius 3 is 2.94 bits per heavy atom. The van der Waals surface area contributed by atoms with E-state index in [1.165, 1.54) is 50.6 Å². The molecule has 0 amide bonds. The molecule has 1 heterocycles. The summed E-state index contributed by atoms with van der Waals surface area (Å²) in [6.45, 7) is 0. The highest BCUT2D eigenvalue weighted by atomic mass is 14.9. The van der Waals surface area contributed by atoms with Crippen LogP contribution in [0.25, 0.3) is 0 Å². The first-order valence-corrected chi connectivity index (χ1v) is 7.40. The van der Waals surface area contributed by atoms with Crippen LogP contribution in [0, 0.1) is 23.7 Å². The van der Waals surface area contributed by atoms with Gasteiger partial charge in [-0.1, -0.05) is 38.0 Å². The van der Waals surface area contributed by atoms with Crippen LogP contribution in [0.5, 0.6) is 0 Å². The fourth-order valence-electron chi connectivity index (χ4n) is 3.12. The second kappa shape index (κ2) is 5.61. The van der Waals surface area contributed by atoms with Crippen LogP contribution in [0.3, 0.4) is 0 Å². The average Bonchev–Trinajstić information content (AvgIpc) is 2.98. The van der Waals surface area contributed by atoms with Crippen molar-refractivity contribution in [2.45, 2.75) is 57.3 Å². The molecule has 2 heteroatoms. The van der Waals surface area contributed by atoms with Crippen LogP contribution in [0.1, 0.15) is 63.0 Å². The molecule has 0 spiro atoms. The van der Waals surface area contributed by atoms with Gasteiger partial charge < -0.3 is 4.98 Å². The zero-order valence-corrected chi connectivity index (χ0v) is 11.0. The van der Waals surface area contributed by atoms with Crippen LogP contribution in [0.2, 0.25) is 0 Å². The molecule has 2 aliphatic rings. The molecule has 0 radical (unpaired) electrons. The Hall–Kier alpha value is -1.23. The number of hydrogen-bond donors (Lipinski definition) is 1. The highest BCUT2D eigenvalue weighted by Crippen LogP contribution is 2.45. The van der Waals surface area contributed by atoms with Crippen molar-refractivity contribution in [1.29, 1.82) is 0 Å². The minimum absolute atomic E-state index is 0.594. The Labute approximate surface area is 110 Å². The largest absolute Gasteiger partial charge is 0.348 e. The van der Waals surface area contributed by atoms with Crippen LogP contribution >= 0.6 is 0 Å². The lowest BCUT2D eigenvalue weighted by atomic mass is 9.86. The molecule has 1 aromatic rings. The number of nitrogens with one attached hydrogen (secondary N) is 1. The van der Waals surface area contributed by atoms with Crippen molar-refractivity contribution in [3.05, 3.63) is 18.2 Å². The van der Waals surface area contributed by atoms with Gasteiger partial charge in [0.15, 0.2) is 0 Å². The number of nitrogens with zero attached hydrogens (tertiary/aromatic N) is 1. The van der Waals surface area contributed by atoms with E-state index in [0.717, 1.165) is 12.3 Å². The zero-order chi connectivity index (χ0) is 12.2. The van der Waals surface area contributed by atoms with E-state index in [9.17, 15) is 0 Å². The minimum Gasteiger partial charge on any atom is -0.348 e. The second-order valence-corrected chi connectivity index (χ2v) is 5.82. The van der Waals surface area contributed by atoms with E-state index in [1.54, 1.807) is 6.33 Å². The minimum atomic E-state index is 0.594. The Kier molecular flexibility index (Phi) is 3.69. The van der Waals surface area contributed by atoms with Crippen LogP contribution in [0.4, 0.5) is 0 Å². The van der Waals surface area contributed by atoms with E-state index in [4.69, 9.17) is 0 Å². The van der Waals surface area contributed by atoms with Gasteiger partial charge in [-0.2, -0.15) is 0 Å². The molecular weight excluding hydrogens is 220 g/mol. The van der Waals surface area contributed by atoms with Crippen molar-refractivity contribution in [2.24, 2.45) is 11.8 Å². The van der Waals surface area contributed by atoms with Crippen molar-refractivity contribution < 1.29 is 0 Å². The molecule has 0 saturated heterocycles. The first kappa shape index (κ1) is 11.8. The van der Waals surface area contributed by atoms with Gasteiger partial charge in [0.25, 0.3) is 0 Å². The summed E-state index contributed by atoms with van der Waals surface area (Å²) >= 11 is 0. The summed E-state index contributed by atoms with van der Waals surface area (Å²) in [4.78, 5) is 7.26. The monoisotopic (exact) mass is 242 g/mol. The Morgan fingerprint density at radius 2 is 2.17 bits per heavy atom. The number of imidazole rings is 1. The van der Waals surface area contributed by atoms with Crippen molar-refractivity contribution in [1.82, 2.24) is 9.97 Å². The predicted molar refractivity (Wildman–Crippen MR) is 73.0 cm³/mol. The van der Waals surface area contributed by atoms with E-state index >= 15 is 0 Å². The first-order valence-electron chi connectivity index (χ1n) is 7.40. The van der Waals surface area contributed by atoms with Gasteiger partial charge in [-0.05, 0) is 18.8 Å². The van der Waals surface area contributed by atoms with Crippen LogP contribution in [-0.2, 0) is 0 Å². The molecule has 2 atom stereocenters. The third-order valence-corrected chi connectivity index (χ3v) is 4.40. The van der Waals surface area contributed by atoms with E-state index < -0.39 is 0 Å². The molecule has 2 nitrogen and oxygen atoms in total. The average molecular weight is 242 g/mol. The molecule has 0 bridgehead atoms. The van der Waals surface area contributed by atoms with E-state index in [1.807, 2.05) is 6.20 Å². The summed E-state index contributed by atoms with van der Waals surface area (Å²) in [6, 6.07) is 0. The van der Waals surface area contributed by atoms with Crippen LogP contribution in [-0.4, -0.2) is 9.97 Å². The van der Waals surface area contributed by atoms with Gasteiger partial charge >= 0.3 is 0 Å². The van der Waals surface area contributed by atoms with Crippen molar-refractivity contribution in [3.8, 4) is 11.8 Å². The number of H-pyrrole nitrogens is 1. The molecule has 1 N–H and O–H groups in total. The Bertz CT molecular complexity index is 418. The SMILES string of the molecule is C(#CC1CC1c1cnc[nH]1)CCC1CCCCC1. The maximum Gasteiger partial charge on any atom is 0.0921 e. The molecule has 3 rings (SSSR count). The van der Waals surface area contributed by atoms with E-state index in [-0.39, 0.29) is 0 Å². The predicted octanol–water partition coefficient (Wildman–Crippen LogP) is 3.88. The zero-order valence-electron chi connectivity index (χ0n) is 11.0. The fourth-order valence-corrected chi connectivity index (χ4v) is 3.12. The number of hydrogen-bond acceptors (Lipinski definition) is 1. The first-order chi connectivity index (χ1) is 8.93. The van der Waals surface area contributed by atoms with Gasteiger partial charge in [0.2, 0.25) is 0 Å². The third kappa shape index (κ3) is 2.96. The molecular formula is C16H22N2. The van der Waals surface area contributed by atoms with Gasteiger partial charge in [0.05, 0.1) is 6.33 Å². The van der Waals surface area contributed by atoms with Crippen molar-refractivity contribution >= 4 is 0 Å². The molecule has 2 fully saturated rings. The van der Waals surface area contributed by atoms with Crippen molar-refractivity contribution in [2.75, 3.05) is 0 Å². The third-order valence-electron chi connectivity index (χ3n) is 4.40. The highest BCUT2D eigenvalue weighted by molar-refractivity contribution is 5.24. The Balaban J connectivity index is 1.38. The molecule has 2 aliphatic carbocycles. The summed E-state index contributed by atoms with van der Waals surface area (Å²) in [5.74, 6) is 9.04. The standard InChI is InChI=1S/C16H22N2/c1-2-6-13(7-3-1)8-4-5-9-14-10-15(14)16-11-17-12-18-16/h11-15H,1-4,6-8,10H2,(H,17,18). The van der Waals surface area contributed by atoms with E-state index in [2.05, 4.69) is 21.8 Å². The van der Waals surface area contributed by atoms with Gasteiger partial charge in [0, 0.05) is 30.1 Å². The molecule has 1 aromatic heterocycles. The molecule has 96 valence electrons. The van der Waals surface area contributed by atoms with Gasteiger partial charge in [-0.3, -0.25) is 0 Å². The summed E-state index contributed by atoms with van der Waals surface area (Å²) in [5.41, 5.74) is 1.27. The normalized spacial score (nSPS) is 27.6. The van der Waals surface area contributed by atoms with Crippen LogP contribution in [0.15, 0.2) is 12.5 Å². The smallest absolute Gasteiger partial charge is 0.0921 e. The number of aromatic nitrogens is 2. The molecule has 18 heavy (non-hydrogen) atoms. The molecule has 0 aromatic carbocycles. The molecule has 2 unspecified atom stereocenters. The maximum absolute atomic E-state index is 4.07. The number of rotatable bonds is 3. The van der Waals surface area contributed by atoms with Gasteiger partial charge in [-0.15, -0.1) is 5.92 Å². The summed E-state index contributed by atoms with van der Waals surface area (Å²) in [5, 5.41) is 0. The Morgan fingerprint density at radius 1 is 1.28 bits per heavy atom. The lowest BCUT2D eigenvalue weighted by molar-refractivity contribution is 0.342. The fraction of sp³-hybridized carbons (Fsp3) is 0.688. The van der Waals surface area contributed by atoms with Crippen LogP contribution < -0.4 is 0 Å². The van der Waals surface area contributed by atoms with Gasteiger partial charge in [0.1, 0.15) is 0 Å². The highest BCUT2D eigenvalue weighted by Gasteiger charge is 2.37. The second-order valence-electron chi connectivity index (χ2n) is 5.82. The lowest BCUT2D eigenvalue weighted by Gasteiger charge is -2.20. The summed E-state index contributed by atoms with van der Waals surface area (Å²) in [6.07, 6.45) is 14.6. The topological polar surface area (TPSA) is 28.7 Å². The summed E-state index contributed by atoms with van der Waals surface area (Å²) in [7, 11) is 0. The van der Waals surface area contributed by atoms with Crippen molar-refractivity contribution in [3.63, 3.8) is 0 Å². The maximum atomic E-state index is 4.07. The van der Waals surface area contributed by atoms with Gasteiger partial charge in [-0.25, -0.2) is 4.98 Å². The quantitative estimate of drug-likeness (QED) is 0.801.